The summed E-state index contributed by atoms with van der Waals surface area (Å²) in [6.45, 7) is 1.88. The van der Waals surface area contributed by atoms with Gasteiger partial charge in [0.2, 0.25) is 0 Å². The van der Waals surface area contributed by atoms with Crippen molar-refractivity contribution in [2.45, 2.75) is 44.3 Å². The number of hydrogen-bond acceptors (Lipinski definition) is 5. The van der Waals surface area contributed by atoms with Crippen molar-refractivity contribution in [3.63, 3.8) is 0 Å². The average molecular weight is 353 g/mol. The molecule has 0 saturated heterocycles. The fourth-order valence-electron chi connectivity index (χ4n) is 3.57. The molecule has 0 atom stereocenters. The summed E-state index contributed by atoms with van der Waals surface area (Å²) >= 11 is 6.34. The molecule has 1 aromatic rings. The van der Waals surface area contributed by atoms with Crippen LogP contribution < -0.4 is 4.74 Å². The molecule has 0 unspecified atom stereocenters. The maximum atomic E-state index is 12.5. The Morgan fingerprint density at radius 2 is 1.96 bits per heavy atom. The fraction of sp³-hybridized carbons (Fsp3) is 0.500. The van der Waals surface area contributed by atoms with E-state index in [9.17, 15) is 9.90 Å². The van der Waals surface area contributed by atoms with E-state index in [0.717, 1.165) is 18.4 Å². The molecule has 5 nitrogen and oxygen atoms in total. The van der Waals surface area contributed by atoms with Gasteiger partial charge in [-0.2, -0.15) is 0 Å². The molecule has 0 aromatic heterocycles. The highest BCUT2D eigenvalue weighted by Crippen LogP contribution is 2.48. The predicted octanol–water partition coefficient (Wildman–Crippen LogP) is 3.81. The number of carbonyl (C=O) groups excluding carboxylic acids is 1. The lowest BCUT2D eigenvalue weighted by Gasteiger charge is -2.35. The second-order valence-corrected chi connectivity index (χ2v) is 6.77. The lowest BCUT2D eigenvalue weighted by atomic mass is 9.81. The van der Waals surface area contributed by atoms with Crippen LogP contribution >= 0.6 is 11.6 Å². The first-order chi connectivity index (χ1) is 11.4. The van der Waals surface area contributed by atoms with E-state index < -0.39 is 11.6 Å². The molecule has 0 amide bonds. The SMILES string of the molecule is COc1cc(C)cc(Cl)c1C1=C(O)C2(CCC(OC)CC2)OC1=O. The third-order valence-electron chi connectivity index (χ3n) is 4.90. The first kappa shape index (κ1) is 17.1. The molecule has 1 aliphatic heterocycles. The van der Waals surface area contributed by atoms with Gasteiger partial charge in [0, 0.05) is 7.11 Å². The average Bonchev–Trinajstić information content (AvgIpc) is 2.79. The highest BCUT2D eigenvalue weighted by Gasteiger charge is 2.51. The number of aryl methyl sites for hydroxylation is 1. The van der Waals surface area contributed by atoms with E-state index in [1.54, 1.807) is 19.2 Å². The lowest BCUT2D eigenvalue weighted by molar-refractivity contribution is -0.151. The van der Waals surface area contributed by atoms with E-state index in [0.29, 0.717) is 29.2 Å². The Balaban J connectivity index is 2.07. The number of esters is 1. The Kier molecular flexibility index (Phi) is 4.49. The van der Waals surface area contributed by atoms with E-state index in [1.807, 2.05) is 6.92 Å². The highest BCUT2D eigenvalue weighted by atomic mass is 35.5. The van der Waals surface area contributed by atoms with Gasteiger partial charge in [-0.25, -0.2) is 4.79 Å². The molecule has 1 aromatic carbocycles. The zero-order valence-electron chi connectivity index (χ0n) is 14.0. The van der Waals surface area contributed by atoms with Crippen LogP contribution in [-0.4, -0.2) is 37.0 Å². The molecule has 1 aliphatic carbocycles. The van der Waals surface area contributed by atoms with Gasteiger partial charge in [0.05, 0.1) is 23.8 Å². The Morgan fingerprint density at radius 3 is 2.54 bits per heavy atom. The first-order valence-electron chi connectivity index (χ1n) is 7.96. The van der Waals surface area contributed by atoms with Crippen molar-refractivity contribution in [3.05, 3.63) is 34.0 Å². The minimum atomic E-state index is -0.972. The minimum absolute atomic E-state index is 0.0499. The van der Waals surface area contributed by atoms with Gasteiger partial charge in [-0.3, -0.25) is 0 Å². The summed E-state index contributed by atoms with van der Waals surface area (Å²) in [7, 11) is 3.17. The fourth-order valence-corrected chi connectivity index (χ4v) is 3.93. The van der Waals surface area contributed by atoms with Crippen molar-refractivity contribution in [2.75, 3.05) is 14.2 Å². The van der Waals surface area contributed by atoms with Crippen LogP contribution in [0.1, 0.15) is 36.8 Å². The van der Waals surface area contributed by atoms with Gasteiger partial charge in [0.25, 0.3) is 0 Å². The van der Waals surface area contributed by atoms with Crippen LogP contribution in [0.2, 0.25) is 5.02 Å². The third-order valence-corrected chi connectivity index (χ3v) is 5.20. The van der Waals surface area contributed by atoms with Crippen molar-refractivity contribution in [3.8, 4) is 5.75 Å². The molecule has 1 fully saturated rings. The molecule has 3 rings (SSSR count). The van der Waals surface area contributed by atoms with E-state index in [1.165, 1.54) is 7.11 Å². The van der Waals surface area contributed by atoms with Gasteiger partial charge in [0.1, 0.15) is 11.3 Å². The standard InChI is InChI=1S/C18H21ClO5/c1-10-8-12(19)14(13(9-10)23-3)15-16(20)18(24-17(15)21)6-4-11(22-2)5-7-18/h8-9,11,20H,4-7H2,1-3H3. The van der Waals surface area contributed by atoms with Gasteiger partial charge >= 0.3 is 5.97 Å². The van der Waals surface area contributed by atoms with Crippen molar-refractivity contribution in [1.29, 1.82) is 0 Å². The smallest absolute Gasteiger partial charge is 0.343 e. The Bertz CT molecular complexity index is 702. The van der Waals surface area contributed by atoms with Gasteiger partial charge in [0.15, 0.2) is 11.4 Å². The van der Waals surface area contributed by atoms with Crippen molar-refractivity contribution >= 4 is 23.1 Å². The maximum Gasteiger partial charge on any atom is 0.343 e. The number of halogens is 1. The molecular formula is C18H21ClO5. The second kappa shape index (κ2) is 6.30. The van der Waals surface area contributed by atoms with Gasteiger partial charge < -0.3 is 19.3 Å². The van der Waals surface area contributed by atoms with Crippen LogP contribution in [0.4, 0.5) is 0 Å². The molecule has 0 bridgehead atoms. The molecule has 6 heteroatoms. The maximum absolute atomic E-state index is 12.5. The number of benzene rings is 1. The van der Waals surface area contributed by atoms with E-state index in [4.69, 9.17) is 25.8 Å². The molecule has 130 valence electrons. The molecule has 1 N–H and O–H groups in total. The number of ether oxygens (including phenoxy) is 3. The van der Waals surface area contributed by atoms with Crippen LogP contribution in [0.3, 0.4) is 0 Å². The van der Waals surface area contributed by atoms with Crippen molar-refractivity contribution < 1.29 is 24.1 Å². The summed E-state index contributed by atoms with van der Waals surface area (Å²) in [6.07, 6.45) is 2.62. The zero-order chi connectivity index (χ0) is 17.5. The summed E-state index contributed by atoms with van der Waals surface area (Å²) in [5.41, 5.74) is 0.425. The summed E-state index contributed by atoms with van der Waals surface area (Å²) in [5, 5.41) is 11.2. The van der Waals surface area contributed by atoms with Crippen LogP contribution in [0.15, 0.2) is 17.9 Å². The van der Waals surface area contributed by atoms with Crippen molar-refractivity contribution in [1.82, 2.24) is 0 Å². The van der Waals surface area contributed by atoms with Gasteiger partial charge in [-0.1, -0.05) is 11.6 Å². The number of methoxy groups -OCH3 is 2. The van der Waals surface area contributed by atoms with E-state index in [-0.39, 0.29) is 17.4 Å². The Hall–Kier alpha value is -1.72. The zero-order valence-corrected chi connectivity index (χ0v) is 14.8. The Morgan fingerprint density at radius 1 is 1.29 bits per heavy atom. The molecule has 1 saturated carbocycles. The summed E-state index contributed by atoms with van der Waals surface area (Å²) in [5.74, 6) is -0.167. The molecule has 0 radical (unpaired) electrons. The summed E-state index contributed by atoms with van der Waals surface area (Å²) < 4.78 is 16.3. The molecule has 24 heavy (non-hydrogen) atoms. The van der Waals surface area contributed by atoms with Crippen LogP contribution in [0, 0.1) is 6.92 Å². The monoisotopic (exact) mass is 352 g/mol. The van der Waals surface area contributed by atoms with Gasteiger partial charge in [-0.15, -0.1) is 0 Å². The lowest BCUT2D eigenvalue weighted by Crippen LogP contribution is -2.38. The summed E-state index contributed by atoms with van der Waals surface area (Å²) in [4.78, 5) is 12.5. The number of hydrogen-bond donors (Lipinski definition) is 1. The van der Waals surface area contributed by atoms with E-state index >= 15 is 0 Å². The topological polar surface area (TPSA) is 65.0 Å². The normalized spacial score (nSPS) is 26.8. The van der Waals surface area contributed by atoms with Crippen LogP contribution in [0.25, 0.3) is 5.57 Å². The molecule has 1 spiro atoms. The highest BCUT2D eigenvalue weighted by molar-refractivity contribution is 6.35. The summed E-state index contributed by atoms with van der Waals surface area (Å²) in [6, 6.07) is 3.52. The van der Waals surface area contributed by atoms with Gasteiger partial charge in [-0.05, 0) is 50.3 Å². The number of rotatable bonds is 3. The molecule has 1 heterocycles. The molecule has 2 aliphatic rings. The Labute approximate surface area is 146 Å². The number of aliphatic hydroxyl groups is 1. The van der Waals surface area contributed by atoms with Crippen molar-refractivity contribution in [2.24, 2.45) is 0 Å². The van der Waals surface area contributed by atoms with Crippen LogP contribution in [-0.2, 0) is 14.3 Å². The third kappa shape index (κ3) is 2.66. The van der Waals surface area contributed by atoms with E-state index in [2.05, 4.69) is 0 Å². The largest absolute Gasteiger partial charge is 0.507 e. The van der Waals surface area contributed by atoms with Crippen LogP contribution in [0.5, 0.6) is 5.75 Å². The molecular weight excluding hydrogens is 332 g/mol. The predicted molar refractivity (Wildman–Crippen MR) is 90.4 cm³/mol. The number of aliphatic hydroxyl groups excluding tert-OH is 1. The minimum Gasteiger partial charge on any atom is -0.507 e. The quantitative estimate of drug-likeness (QED) is 0.838. The first-order valence-corrected chi connectivity index (χ1v) is 8.34. The second-order valence-electron chi connectivity index (χ2n) is 6.37. The number of carbonyl (C=O) groups is 1.